The number of esters is 1. The summed E-state index contributed by atoms with van der Waals surface area (Å²) in [6.45, 7) is 13.7. The molecule has 15 nitrogen and oxygen atoms in total. The van der Waals surface area contributed by atoms with Gasteiger partial charge >= 0.3 is 5.97 Å². The van der Waals surface area contributed by atoms with E-state index in [0.717, 1.165) is 21.7 Å². The summed E-state index contributed by atoms with van der Waals surface area (Å²) in [6, 6.07) is 14.7. The van der Waals surface area contributed by atoms with E-state index in [1.54, 1.807) is 29.5 Å². The number of aryl methyl sites for hydroxylation is 1. The van der Waals surface area contributed by atoms with Crippen LogP contribution in [0.1, 0.15) is 84.5 Å². The van der Waals surface area contributed by atoms with Crippen LogP contribution in [0.15, 0.2) is 60.1 Å². The number of rotatable bonds is 13. The molecule has 0 spiro atoms. The lowest BCUT2D eigenvalue weighted by Crippen LogP contribution is -2.58. The molecule has 3 amide bonds. The number of aliphatic hydroxyl groups excluding tert-OH is 1. The number of anilines is 2. The van der Waals surface area contributed by atoms with Gasteiger partial charge in [0.15, 0.2) is 12.1 Å². The Balaban J connectivity index is 1.09. The molecule has 0 bridgehead atoms. The van der Waals surface area contributed by atoms with Crippen LogP contribution in [-0.4, -0.2) is 93.0 Å². The molecule has 0 aliphatic carbocycles. The summed E-state index contributed by atoms with van der Waals surface area (Å²) in [6.07, 6.45) is 0.139. The van der Waals surface area contributed by atoms with E-state index in [1.807, 2.05) is 76.5 Å². The zero-order valence-electron chi connectivity index (χ0n) is 35.3. The number of nitrogen functional groups attached to an aromatic ring is 1. The fourth-order valence-corrected chi connectivity index (χ4v) is 8.75. The smallest absolute Gasteiger partial charge is 0.308 e. The molecule has 1 unspecified atom stereocenters. The van der Waals surface area contributed by atoms with Crippen molar-refractivity contribution in [1.82, 2.24) is 30.7 Å². The predicted molar refractivity (Wildman–Crippen MR) is 230 cm³/mol. The topological polar surface area (TPSA) is 202 Å². The van der Waals surface area contributed by atoms with Crippen LogP contribution in [0.25, 0.3) is 21.7 Å². The van der Waals surface area contributed by atoms with Crippen molar-refractivity contribution in [3.8, 4) is 27.4 Å². The van der Waals surface area contributed by atoms with Gasteiger partial charge in [-0.15, -0.1) is 21.5 Å². The number of nitrogens with zero attached hydrogens (tertiary/aromatic N) is 5. The molecular formula is C44H56N8O7S. The Morgan fingerprint density at radius 3 is 2.35 bits per heavy atom. The number of piperidine rings is 1. The second-order valence-electron chi connectivity index (χ2n) is 16.8. The zero-order valence-corrected chi connectivity index (χ0v) is 36.1. The number of thiazole rings is 1. The van der Waals surface area contributed by atoms with E-state index in [0.29, 0.717) is 48.6 Å². The minimum absolute atomic E-state index is 0.0489. The highest BCUT2D eigenvalue weighted by molar-refractivity contribution is 7.13. The average Bonchev–Trinajstić information content (AvgIpc) is 3.83. The number of amides is 3. The fourth-order valence-electron chi connectivity index (χ4n) is 7.93. The van der Waals surface area contributed by atoms with Gasteiger partial charge in [0, 0.05) is 45.0 Å². The van der Waals surface area contributed by atoms with Gasteiger partial charge < -0.3 is 40.7 Å². The summed E-state index contributed by atoms with van der Waals surface area (Å²) in [5.41, 5.74) is 12.2. The van der Waals surface area contributed by atoms with Crippen molar-refractivity contribution in [1.29, 1.82) is 0 Å². The number of aliphatic hydroxyl groups is 1. The van der Waals surface area contributed by atoms with Gasteiger partial charge in [0.2, 0.25) is 17.7 Å². The minimum atomic E-state index is -1.09. The SMILES string of the molecule is CC(=O)Oc1ccccc1-c1cc(N2CCC(CC(=O)N[C@H](C(=O)N3C[C@H](OC(C)O)C[C@H]3C(=O)N[C@@H](C)c3ccc(-c4scnc4C)cc3)C(C)(C)C)CC2)c(N)nn1. The number of para-hydroxylation sites is 1. The Hall–Kier alpha value is -5.45. The molecule has 0 radical (unpaired) electrons. The number of benzene rings is 2. The molecule has 2 aromatic heterocycles. The highest BCUT2D eigenvalue weighted by atomic mass is 32.1. The maximum atomic E-state index is 14.5. The number of aromatic nitrogens is 3. The number of carbonyl (C=O) groups excluding carboxylic acids is 4. The first-order chi connectivity index (χ1) is 28.5. The number of hydrogen-bond donors (Lipinski definition) is 4. The summed E-state index contributed by atoms with van der Waals surface area (Å²) in [5, 5.41) is 24.6. The second kappa shape index (κ2) is 18.9. The lowest BCUT2D eigenvalue weighted by Gasteiger charge is -2.36. The van der Waals surface area contributed by atoms with E-state index in [4.69, 9.17) is 15.2 Å². The van der Waals surface area contributed by atoms with Gasteiger partial charge in [-0.2, -0.15) is 0 Å². The van der Waals surface area contributed by atoms with Crippen LogP contribution in [0, 0.1) is 18.3 Å². The molecule has 2 saturated heterocycles. The van der Waals surface area contributed by atoms with Gasteiger partial charge in [0.1, 0.15) is 17.8 Å². The van der Waals surface area contributed by atoms with E-state index in [2.05, 4.69) is 30.7 Å². The molecule has 4 aromatic rings. The highest BCUT2D eigenvalue weighted by Crippen LogP contribution is 2.35. The predicted octanol–water partition coefficient (Wildman–Crippen LogP) is 5.42. The number of ether oxygens (including phenoxy) is 2. The van der Waals surface area contributed by atoms with Crippen LogP contribution in [0.4, 0.5) is 11.5 Å². The van der Waals surface area contributed by atoms with E-state index < -0.39 is 35.9 Å². The third-order valence-corrected chi connectivity index (χ3v) is 12.1. The molecular weight excluding hydrogens is 785 g/mol. The van der Waals surface area contributed by atoms with Crippen molar-refractivity contribution >= 4 is 46.5 Å². The Bertz CT molecular complexity index is 2160. The maximum Gasteiger partial charge on any atom is 0.308 e. The number of carbonyl (C=O) groups is 4. The molecule has 60 heavy (non-hydrogen) atoms. The Labute approximate surface area is 355 Å². The van der Waals surface area contributed by atoms with Crippen LogP contribution in [0.5, 0.6) is 5.75 Å². The van der Waals surface area contributed by atoms with Crippen molar-refractivity contribution in [2.24, 2.45) is 11.3 Å². The summed E-state index contributed by atoms with van der Waals surface area (Å²) in [4.78, 5) is 62.9. The summed E-state index contributed by atoms with van der Waals surface area (Å²) in [7, 11) is 0. The molecule has 16 heteroatoms. The summed E-state index contributed by atoms with van der Waals surface area (Å²) in [5.74, 6) is -0.726. The first-order valence-electron chi connectivity index (χ1n) is 20.4. The van der Waals surface area contributed by atoms with Gasteiger partial charge in [-0.05, 0) is 74.3 Å². The Kier molecular flexibility index (Phi) is 13.9. The average molecular weight is 841 g/mol. The molecule has 320 valence electrons. The van der Waals surface area contributed by atoms with Gasteiger partial charge in [0.25, 0.3) is 0 Å². The Morgan fingerprint density at radius 1 is 1.02 bits per heavy atom. The molecule has 2 fully saturated rings. The van der Waals surface area contributed by atoms with Crippen LogP contribution < -0.4 is 26.0 Å². The third-order valence-electron chi connectivity index (χ3n) is 11.1. The van der Waals surface area contributed by atoms with E-state index >= 15 is 0 Å². The van der Waals surface area contributed by atoms with Gasteiger partial charge in [-0.1, -0.05) is 57.2 Å². The van der Waals surface area contributed by atoms with Crippen molar-refractivity contribution in [2.45, 2.75) is 105 Å². The minimum Gasteiger partial charge on any atom is -0.426 e. The first-order valence-corrected chi connectivity index (χ1v) is 21.3. The van der Waals surface area contributed by atoms with Crippen LogP contribution >= 0.6 is 11.3 Å². The summed E-state index contributed by atoms with van der Waals surface area (Å²) < 4.78 is 11.1. The van der Waals surface area contributed by atoms with Crippen LogP contribution in [0.2, 0.25) is 0 Å². The zero-order chi connectivity index (χ0) is 43.3. The molecule has 5 atom stereocenters. The number of likely N-dealkylation sites (tertiary alicyclic amines) is 1. The first kappa shape index (κ1) is 44.1. The maximum absolute atomic E-state index is 14.5. The normalized spacial score (nSPS) is 18.7. The standard InChI is InChI=1S/C44H56N8O7S/c1-25(30-12-14-31(15-13-30)39-26(2)46-24-60-39)47-42(56)36-21-32(58-27(3)53)23-52(36)43(57)40(44(5,6)7)48-38(55)20-29-16-18-51(19-17-29)35-22-34(49-50-41(35)45)33-10-8-9-11-37(33)59-28(4)54/h8-15,22,24-25,27,29,32,36,40,53H,16-21,23H2,1-7H3,(H2,45,50)(H,47,56)(H,48,55)/t25-,27?,32+,36-,40+/m0/s1. The van der Waals surface area contributed by atoms with Gasteiger partial charge in [0.05, 0.1) is 39.6 Å². The van der Waals surface area contributed by atoms with Gasteiger partial charge in [-0.3, -0.25) is 19.2 Å². The van der Waals surface area contributed by atoms with Crippen LogP contribution in [0.3, 0.4) is 0 Å². The molecule has 2 aliphatic heterocycles. The van der Waals surface area contributed by atoms with Gasteiger partial charge in [-0.25, -0.2) is 4.98 Å². The number of hydrogen-bond acceptors (Lipinski definition) is 13. The monoisotopic (exact) mass is 840 g/mol. The largest absolute Gasteiger partial charge is 0.426 e. The third kappa shape index (κ3) is 10.6. The van der Waals surface area contributed by atoms with E-state index in [9.17, 15) is 24.3 Å². The summed E-state index contributed by atoms with van der Waals surface area (Å²) >= 11 is 1.57. The molecule has 2 aromatic carbocycles. The molecule has 0 saturated carbocycles. The van der Waals surface area contributed by atoms with E-state index in [1.165, 1.54) is 18.7 Å². The second-order valence-corrected chi connectivity index (χ2v) is 17.7. The quantitative estimate of drug-likeness (QED) is 0.0758. The van der Waals surface area contributed by atoms with Crippen molar-refractivity contribution < 1.29 is 33.8 Å². The fraction of sp³-hybridized carbons (Fsp3) is 0.477. The van der Waals surface area contributed by atoms with Crippen molar-refractivity contribution in [3.63, 3.8) is 0 Å². The molecule has 6 rings (SSSR count). The van der Waals surface area contributed by atoms with Crippen molar-refractivity contribution in [2.75, 3.05) is 30.3 Å². The molecule has 4 heterocycles. The number of nitrogens with two attached hydrogens (primary N) is 1. The van der Waals surface area contributed by atoms with E-state index in [-0.39, 0.29) is 54.9 Å². The van der Waals surface area contributed by atoms with Crippen molar-refractivity contribution in [3.05, 3.63) is 71.4 Å². The lowest BCUT2D eigenvalue weighted by molar-refractivity contribution is -0.145. The molecule has 5 N–H and O–H groups in total. The Morgan fingerprint density at radius 2 is 1.72 bits per heavy atom. The highest BCUT2D eigenvalue weighted by Gasteiger charge is 2.46. The lowest BCUT2D eigenvalue weighted by atomic mass is 9.85. The number of nitrogens with one attached hydrogen (secondary N) is 2. The molecule has 2 aliphatic rings. The van der Waals surface area contributed by atoms with Crippen LogP contribution in [-0.2, 0) is 23.9 Å².